The van der Waals surface area contributed by atoms with E-state index >= 15 is 0 Å². The summed E-state index contributed by atoms with van der Waals surface area (Å²) in [5.74, 6) is -0.0351. The van der Waals surface area contributed by atoms with Crippen LogP contribution in [0, 0.1) is 6.92 Å². The summed E-state index contributed by atoms with van der Waals surface area (Å²) >= 11 is 1.73. The number of benzene rings is 1. The minimum absolute atomic E-state index is 0.0270. The molecule has 2 heterocycles. The first-order chi connectivity index (χ1) is 12.0. The summed E-state index contributed by atoms with van der Waals surface area (Å²) < 4.78 is 5.57. The van der Waals surface area contributed by atoms with E-state index in [-0.39, 0.29) is 18.1 Å². The number of amides is 1. The summed E-state index contributed by atoms with van der Waals surface area (Å²) in [5, 5.41) is 5.24. The number of ether oxygens (including phenoxy) is 1. The number of rotatable bonds is 5. The van der Waals surface area contributed by atoms with E-state index < -0.39 is 0 Å². The molecule has 0 bridgehead atoms. The molecule has 1 amide bonds. The maximum atomic E-state index is 12.6. The molecule has 25 heavy (non-hydrogen) atoms. The summed E-state index contributed by atoms with van der Waals surface area (Å²) in [6.45, 7) is 8.13. The van der Waals surface area contributed by atoms with Gasteiger partial charge in [0.1, 0.15) is 0 Å². The molecule has 0 spiro atoms. The Bertz CT molecular complexity index is 724. The lowest BCUT2D eigenvalue weighted by Crippen LogP contribution is -2.43. The van der Waals surface area contributed by atoms with Gasteiger partial charge in [-0.3, -0.25) is 9.69 Å². The molecule has 0 saturated carbocycles. The van der Waals surface area contributed by atoms with E-state index in [2.05, 4.69) is 42.4 Å². The van der Waals surface area contributed by atoms with E-state index in [4.69, 9.17) is 4.74 Å². The van der Waals surface area contributed by atoms with Crippen LogP contribution in [0.5, 0.6) is 0 Å². The van der Waals surface area contributed by atoms with E-state index in [0.29, 0.717) is 11.6 Å². The first kappa shape index (κ1) is 18.1. The number of nitrogens with one attached hydrogen (secondary N) is 1. The average Bonchev–Trinajstić information content (AvgIpc) is 3.21. The Labute approximate surface area is 153 Å². The Morgan fingerprint density at radius 2 is 1.96 bits per heavy atom. The van der Waals surface area contributed by atoms with E-state index in [1.165, 1.54) is 10.4 Å². The highest BCUT2D eigenvalue weighted by atomic mass is 32.1. The fourth-order valence-electron chi connectivity index (χ4n) is 3.30. The molecule has 134 valence electrons. The van der Waals surface area contributed by atoms with Gasteiger partial charge in [-0.2, -0.15) is 0 Å². The first-order valence-corrected chi connectivity index (χ1v) is 9.59. The maximum absolute atomic E-state index is 12.6. The van der Waals surface area contributed by atoms with Crippen LogP contribution in [0.4, 0.5) is 0 Å². The summed E-state index contributed by atoms with van der Waals surface area (Å²) in [5.41, 5.74) is 3.12. The summed E-state index contributed by atoms with van der Waals surface area (Å²) in [6, 6.07) is 10.5. The van der Waals surface area contributed by atoms with Gasteiger partial charge in [-0.15, -0.1) is 11.3 Å². The van der Waals surface area contributed by atoms with Crippen molar-refractivity contribution in [3.05, 3.63) is 46.8 Å². The van der Waals surface area contributed by atoms with Crippen molar-refractivity contribution in [2.45, 2.75) is 39.0 Å². The number of methoxy groups -OCH3 is 1. The minimum Gasteiger partial charge on any atom is -0.378 e. The molecule has 2 aromatic rings. The van der Waals surface area contributed by atoms with Crippen molar-refractivity contribution in [3.63, 3.8) is 0 Å². The zero-order chi connectivity index (χ0) is 18.0. The highest BCUT2D eigenvalue weighted by Crippen LogP contribution is 2.29. The zero-order valence-electron chi connectivity index (χ0n) is 15.3. The van der Waals surface area contributed by atoms with Crippen molar-refractivity contribution in [2.24, 2.45) is 0 Å². The number of nitrogens with zero attached hydrogens (tertiary/aromatic N) is 1. The van der Waals surface area contributed by atoms with Crippen molar-refractivity contribution in [3.8, 4) is 10.4 Å². The van der Waals surface area contributed by atoms with Crippen LogP contribution in [-0.4, -0.2) is 49.2 Å². The van der Waals surface area contributed by atoms with Crippen molar-refractivity contribution in [1.82, 2.24) is 10.2 Å². The number of hydrogen-bond acceptors (Lipinski definition) is 4. The third-order valence-corrected chi connectivity index (χ3v) is 5.98. The van der Waals surface area contributed by atoms with Crippen molar-refractivity contribution >= 4 is 17.2 Å². The first-order valence-electron chi connectivity index (χ1n) is 8.72. The lowest BCUT2D eigenvalue weighted by Gasteiger charge is -2.20. The Morgan fingerprint density at radius 3 is 2.52 bits per heavy atom. The van der Waals surface area contributed by atoms with Gasteiger partial charge in [0, 0.05) is 36.7 Å². The summed E-state index contributed by atoms with van der Waals surface area (Å²) in [4.78, 5) is 16.2. The third-order valence-electron chi connectivity index (χ3n) is 4.92. The predicted molar refractivity (Wildman–Crippen MR) is 103 cm³/mol. The number of thiophene rings is 1. The van der Waals surface area contributed by atoms with Crippen LogP contribution in [0.1, 0.15) is 29.8 Å². The quantitative estimate of drug-likeness (QED) is 0.888. The highest BCUT2D eigenvalue weighted by Gasteiger charge is 2.35. The molecule has 3 rings (SSSR count). The van der Waals surface area contributed by atoms with Crippen LogP contribution in [-0.2, 0) is 4.74 Å². The molecular formula is C20H26N2O2S. The molecule has 0 unspecified atom stereocenters. The standard InChI is InChI=1S/C20H26N2O2S/c1-13(2)22-11-17(18(12-22)24-4)21-20(23)16-7-5-15(6-8-16)19-14(3)9-10-25-19/h5-10,13,17-18H,11-12H2,1-4H3,(H,21,23)/t17-,18-/m0/s1. The van der Waals surface area contributed by atoms with Crippen LogP contribution in [0.25, 0.3) is 10.4 Å². The van der Waals surface area contributed by atoms with Gasteiger partial charge in [0.15, 0.2) is 0 Å². The summed E-state index contributed by atoms with van der Waals surface area (Å²) in [6.07, 6.45) is 0.0411. The second kappa shape index (κ2) is 7.68. The Hall–Kier alpha value is -1.69. The predicted octanol–water partition coefficient (Wildman–Crippen LogP) is 3.56. The fourth-order valence-corrected chi connectivity index (χ4v) is 4.23. The van der Waals surface area contributed by atoms with Gasteiger partial charge in [-0.05, 0) is 55.5 Å². The zero-order valence-corrected chi connectivity index (χ0v) is 16.1. The molecule has 1 aromatic carbocycles. The van der Waals surface area contributed by atoms with Crippen molar-refractivity contribution in [1.29, 1.82) is 0 Å². The van der Waals surface area contributed by atoms with E-state index in [1.54, 1.807) is 18.4 Å². The Morgan fingerprint density at radius 1 is 1.24 bits per heavy atom. The lowest BCUT2D eigenvalue weighted by molar-refractivity contribution is 0.0753. The smallest absolute Gasteiger partial charge is 0.251 e. The summed E-state index contributed by atoms with van der Waals surface area (Å²) in [7, 11) is 1.71. The Kier molecular flexibility index (Phi) is 5.57. The van der Waals surface area contributed by atoms with Gasteiger partial charge >= 0.3 is 0 Å². The molecule has 0 radical (unpaired) electrons. The highest BCUT2D eigenvalue weighted by molar-refractivity contribution is 7.13. The molecule has 0 aliphatic carbocycles. The molecule has 1 aromatic heterocycles. The molecule has 5 heteroatoms. The van der Waals surface area contributed by atoms with E-state index in [9.17, 15) is 4.79 Å². The third kappa shape index (κ3) is 3.94. The second-order valence-corrected chi connectivity index (χ2v) is 7.83. The van der Waals surface area contributed by atoms with Crippen LogP contribution in [0.15, 0.2) is 35.7 Å². The molecule has 1 aliphatic heterocycles. The monoisotopic (exact) mass is 358 g/mol. The fraction of sp³-hybridized carbons (Fsp3) is 0.450. The number of carbonyl (C=O) groups excluding carboxylic acids is 1. The second-order valence-electron chi connectivity index (χ2n) is 6.91. The molecular weight excluding hydrogens is 332 g/mol. The molecule has 2 atom stereocenters. The van der Waals surface area contributed by atoms with Crippen LogP contribution in [0.3, 0.4) is 0 Å². The topological polar surface area (TPSA) is 41.6 Å². The molecule has 1 fully saturated rings. The number of hydrogen-bond donors (Lipinski definition) is 1. The molecule has 1 N–H and O–H groups in total. The maximum Gasteiger partial charge on any atom is 0.251 e. The van der Waals surface area contributed by atoms with Gasteiger partial charge in [-0.1, -0.05) is 12.1 Å². The van der Waals surface area contributed by atoms with Crippen molar-refractivity contribution < 1.29 is 9.53 Å². The largest absolute Gasteiger partial charge is 0.378 e. The number of likely N-dealkylation sites (tertiary alicyclic amines) is 1. The van der Waals surface area contributed by atoms with Gasteiger partial charge < -0.3 is 10.1 Å². The number of aryl methyl sites for hydroxylation is 1. The van der Waals surface area contributed by atoms with Gasteiger partial charge in [0.2, 0.25) is 0 Å². The molecule has 4 nitrogen and oxygen atoms in total. The van der Waals surface area contributed by atoms with E-state index in [1.807, 2.05) is 24.3 Å². The molecule has 1 aliphatic rings. The van der Waals surface area contributed by atoms with Gasteiger partial charge in [0.05, 0.1) is 12.1 Å². The SMILES string of the molecule is CO[C@H]1CN(C(C)C)C[C@@H]1NC(=O)c1ccc(-c2sccc2C)cc1. The van der Waals surface area contributed by atoms with Crippen LogP contribution in [0.2, 0.25) is 0 Å². The van der Waals surface area contributed by atoms with Crippen LogP contribution < -0.4 is 5.32 Å². The number of carbonyl (C=O) groups is 1. The lowest BCUT2D eigenvalue weighted by atomic mass is 10.1. The Balaban J connectivity index is 1.68. The average molecular weight is 359 g/mol. The van der Waals surface area contributed by atoms with E-state index in [0.717, 1.165) is 18.7 Å². The van der Waals surface area contributed by atoms with Crippen LogP contribution >= 0.6 is 11.3 Å². The normalized spacial score (nSPS) is 21.0. The van der Waals surface area contributed by atoms with Gasteiger partial charge in [-0.25, -0.2) is 0 Å². The van der Waals surface area contributed by atoms with Crippen molar-refractivity contribution in [2.75, 3.05) is 20.2 Å². The molecule has 1 saturated heterocycles. The minimum atomic E-state index is -0.0351. The van der Waals surface area contributed by atoms with Gasteiger partial charge in [0.25, 0.3) is 5.91 Å².